The van der Waals surface area contributed by atoms with Crippen LogP contribution in [0.2, 0.25) is 0 Å². The largest absolute Gasteiger partial charge is 0.354 e. The van der Waals surface area contributed by atoms with Crippen molar-refractivity contribution in [2.45, 2.75) is 39.2 Å². The van der Waals surface area contributed by atoms with E-state index in [9.17, 15) is 0 Å². The summed E-state index contributed by atoms with van der Waals surface area (Å²) in [5, 5.41) is 4.62. The van der Waals surface area contributed by atoms with Crippen molar-refractivity contribution in [3.05, 3.63) is 11.3 Å². The lowest BCUT2D eigenvalue weighted by molar-refractivity contribution is 0.247. The molecule has 1 aliphatic heterocycles. The molecular formula is C16H29N5. The molecule has 3 rings (SSSR count). The lowest BCUT2D eigenvalue weighted by Gasteiger charge is -2.36. The molecule has 1 aromatic rings. The van der Waals surface area contributed by atoms with Gasteiger partial charge < -0.3 is 10.6 Å². The Bertz CT molecular complexity index is 481. The first kappa shape index (κ1) is 14.9. The highest BCUT2D eigenvalue weighted by Crippen LogP contribution is 2.31. The van der Waals surface area contributed by atoms with Gasteiger partial charge in [0.25, 0.3) is 0 Å². The van der Waals surface area contributed by atoms with Crippen molar-refractivity contribution in [2.24, 2.45) is 18.7 Å². The molecule has 0 bridgehead atoms. The zero-order chi connectivity index (χ0) is 15.0. The third kappa shape index (κ3) is 3.40. The van der Waals surface area contributed by atoms with Gasteiger partial charge in [-0.15, -0.1) is 0 Å². The van der Waals surface area contributed by atoms with Gasteiger partial charge >= 0.3 is 0 Å². The van der Waals surface area contributed by atoms with Crippen molar-refractivity contribution in [3.8, 4) is 0 Å². The molecule has 0 aromatic carbocycles. The van der Waals surface area contributed by atoms with Gasteiger partial charge in [0.15, 0.2) is 0 Å². The van der Waals surface area contributed by atoms with Crippen molar-refractivity contribution < 1.29 is 0 Å². The first-order valence-electron chi connectivity index (χ1n) is 8.30. The van der Waals surface area contributed by atoms with Gasteiger partial charge in [0.1, 0.15) is 5.82 Å². The van der Waals surface area contributed by atoms with Gasteiger partial charge in [0.2, 0.25) is 0 Å². The van der Waals surface area contributed by atoms with Gasteiger partial charge in [-0.25, -0.2) is 0 Å². The Hall–Kier alpha value is -1.07. The molecule has 1 saturated heterocycles. The van der Waals surface area contributed by atoms with Crippen LogP contribution >= 0.6 is 0 Å². The van der Waals surface area contributed by atoms with Crippen LogP contribution < -0.4 is 10.6 Å². The van der Waals surface area contributed by atoms with Crippen molar-refractivity contribution in [1.29, 1.82) is 0 Å². The average Bonchev–Trinajstić information content (AvgIpc) is 3.18. The van der Waals surface area contributed by atoms with Crippen LogP contribution in [0.1, 0.15) is 31.0 Å². The molecule has 0 spiro atoms. The second-order valence-corrected chi connectivity index (χ2v) is 6.92. The minimum atomic E-state index is 0.183. The van der Waals surface area contributed by atoms with Crippen LogP contribution in [-0.4, -0.2) is 53.4 Å². The van der Waals surface area contributed by atoms with Crippen molar-refractivity contribution >= 4 is 5.82 Å². The Balaban J connectivity index is 1.68. The second kappa shape index (κ2) is 5.97. The van der Waals surface area contributed by atoms with Crippen LogP contribution in [0.25, 0.3) is 0 Å². The van der Waals surface area contributed by atoms with E-state index in [1.54, 1.807) is 0 Å². The van der Waals surface area contributed by atoms with E-state index in [-0.39, 0.29) is 6.04 Å². The molecule has 2 aliphatic rings. The van der Waals surface area contributed by atoms with Gasteiger partial charge in [-0.1, -0.05) is 0 Å². The fraction of sp³-hybridized carbons (Fsp3) is 0.812. The Morgan fingerprint density at radius 1 is 1.24 bits per heavy atom. The number of hydrogen-bond donors (Lipinski definition) is 1. The summed E-state index contributed by atoms with van der Waals surface area (Å²) in [6.45, 7) is 10.1. The summed E-state index contributed by atoms with van der Waals surface area (Å²) in [5.41, 5.74) is 8.49. The van der Waals surface area contributed by atoms with Crippen molar-refractivity contribution in [1.82, 2.24) is 14.7 Å². The molecule has 2 fully saturated rings. The molecule has 5 nitrogen and oxygen atoms in total. The van der Waals surface area contributed by atoms with Crippen LogP contribution in [-0.2, 0) is 13.5 Å². The maximum absolute atomic E-state index is 6.02. The van der Waals surface area contributed by atoms with E-state index in [2.05, 4.69) is 35.8 Å². The van der Waals surface area contributed by atoms with Crippen LogP contribution in [0.3, 0.4) is 0 Å². The van der Waals surface area contributed by atoms with Crippen LogP contribution in [0.5, 0.6) is 0 Å². The predicted molar refractivity (Wildman–Crippen MR) is 86.7 cm³/mol. The number of aryl methyl sites for hydroxylation is 2. The molecule has 0 amide bonds. The molecular weight excluding hydrogens is 262 g/mol. The fourth-order valence-corrected chi connectivity index (χ4v) is 3.45. The summed E-state index contributed by atoms with van der Waals surface area (Å²) in [4.78, 5) is 5.13. The Morgan fingerprint density at radius 2 is 1.90 bits per heavy atom. The predicted octanol–water partition coefficient (Wildman–Crippen LogP) is 1.15. The molecule has 2 N–H and O–H groups in total. The van der Waals surface area contributed by atoms with E-state index in [1.165, 1.54) is 43.9 Å². The summed E-state index contributed by atoms with van der Waals surface area (Å²) in [6.07, 6.45) is 3.80. The molecule has 2 heterocycles. The van der Waals surface area contributed by atoms with E-state index < -0.39 is 0 Å². The standard InChI is InChI=1S/C16H29N5/c1-12(17)10-15-13(2)18-19(3)16(15)21-8-6-20(7-9-21)11-14-4-5-14/h12,14H,4-11,17H2,1-3H3. The van der Waals surface area contributed by atoms with Crippen molar-refractivity contribution in [3.63, 3.8) is 0 Å². The Morgan fingerprint density at radius 3 is 2.48 bits per heavy atom. The lowest BCUT2D eigenvalue weighted by atomic mass is 10.1. The third-order valence-corrected chi connectivity index (χ3v) is 4.72. The Kier molecular flexibility index (Phi) is 4.22. The number of hydrogen-bond acceptors (Lipinski definition) is 4. The number of nitrogens with zero attached hydrogens (tertiary/aromatic N) is 4. The molecule has 0 radical (unpaired) electrons. The van der Waals surface area contributed by atoms with Gasteiger partial charge in [0.05, 0.1) is 5.69 Å². The monoisotopic (exact) mass is 291 g/mol. The van der Waals surface area contributed by atoms with Crippen LogP contribution in [0.15, 0.2) is 0 Å². The van der Waals surface area contributed by atoms with E-state index >= 15 is 0 Å². The summed E-state index contributed by atoms with van der Waals surface area (Å²) in [5.74, 6) is 2.28. The fourth-order valence-electron chi connectivity index (χ4n) is 3.45. The number of rotatable bonds is 5. The molecule has 1 unspecified atom stereocenters. The average molecular weight is 291 g/mol. The van der Waals surface area contributed by atoms with Crippen LogP contribution in [0, 0.1) is 12.8 Å². The Labute approximate surface area is 128 Å². The van der Waals surface area contributed by atoms with Gasteiger partial charge in [0, 0.05) is 51.4 Å². The highest BCUT2D eigenvalue weighted by Gasteiger charge is 2.28. The van der Waals surface area contributed by atoms with E-state index in [0.29, 0.717) is 0 Å². The highest BCUT2D eigenvalue weighted by molar-refractivity contribution is 5.51. The number of nitrogens with two attached hydrogens (primary N) is 1. The SMILES string of the molecule is Cc1nn(C)c(N2CCN(CC3CC3)CC2)c1CC(C)N. The van der Waals surface area contributed by atoms with Crippen LogP contribution in [0.4, 0.5) is 5.82 Å². The van der Waals surface area contributed by atoms with E-state index in [1.807, 2.05) is 4.68 Å². The molecule has 1 aliphatic carbocycles. The maximum atomic E-state index is 6.02. The summed E-state index contributed by atoms with van der Waals surface area (Å²) in [7, 11) is 2.06. The number of anilines is 1. The first-order chi connectivity index (χ1) is 10.0. The van der Waals surface area contributed by atoms with E-state index in [0.717, 1.165) is 31.1 Å². The zero-order valence-electron chi connectivity index (χ0n) is 13.7. The minimum absolute atomic E-state index is 0.183. The van der Waals surface area contributed by atoms with Gasteiger partial charge in [-0.05, 0) is 39.0 Å². The first-order valence-corrected chi connectivity index (χ1v) is 8.30. The molecule has 118 valence electrons. The topological polar surface area (TPSA) is 50.3 Å². The smallest absolute Gasteiger partial charge is 0.130 e. The third-order valence-electron chi connectivity index (χ3n) is 4.72. The molecule has 1 aromatic heterocycles. The number of aromatic nitrogens is 2. The highest BCUT2D eigenvalue weighted by atomic mass is 15.4. The normalized spacial score (nSPS) is 21.8. The van der Waals surface area contributed by atoms with E-state index in [4.69, 9.17) is 5.73 Å². The quantitative estimate of drug-likeness (QED) is 0.884. The molecule has 1 atom stereocenters. The lowest BCUT2D eigenvalue weighted by Crippen LogP contribution is -2.47. The second-order valence-electron chi connectivity index (χ2n) is 6.92. The van der Waals surface area contributed by atoms with Gasteiger partial charge in [-0.2, -0.15) is 5.10 Å². The molecule has 5 heteroatoms. The maximum Gasteiger partial charge on any atom is 0.130 e. The summed E-state index contributed by atoms with van der Waals surface area (Å²) >= 11 is 0. The minimum Gasteiger partial charge on any atom is -0.354 e. The van der Waals surface area contributed by atoms with Gasteiger partial charge in [-0.3, -0.25) is 9.58 Å². The summed E-state index contributed by atoms with van der Waals surface area (Å²) in [6, 6.07) is 0.183. The summed E-state index contributed by atoms with van der Waals surface area (Å²) < 4.78 is 2.05. The zero-order valence-corrected chi connectivity index (χ0v) is 13.7. The molecule has 21 heavy (non-hydrogen) atoms. The van der Waals surface area contributed by atoms with Crippen molar-refractivity contribution in [2.75, 3.05) is 37.6 Å². The molecule has 1 saturated carbocycles. The number of piperazine rings is 1.